The van der Waals surface area contributed by atoms with Crippen LogP contribution in [0.4, 0.5) is 4.39 Å². The molecule has 2 aromatic carbocycles. The van der Waals surface area contributed by atoms with E-state index in [4.69, 9.17) is 23.2 Å². The third-order valence-electron chi connectivity index (χ3n) is 4.08. The first kappa shape index (κ1) is 19.9. The Kier molecular flexibility index (Phi) is 6.02. The molecule has 28 heavy (non-hydrogen) atoms. The van der Waals surface area contributed by atoms with Crippen molar-refractivity contribution in [2.24, 2.45) is 0 Å². The second kappa shape index (κ2) is 8.46. The summed E-state index contributed by atoms with van der Waals surface area (Å²) in [7, 11) is 0. The molecular weight excluding hydrogens is 406 g/mol. The van der Waals surface area contributed by atoms with Gasteiger partial charge in [-0.25, -0.2) is 9.18 Å². The summed E-state index contributed by atoms with van der Waals surface area (Å²) in [5.41, 5.74) is 1.58. The molecule has 5 nitrogen and oxygen atoms in total. The first-order valence-corrected chi connectivity index (χ1v) is 9.01. The van der Waals surface area contributed by atoms with Crippen molar-refractivity contribution in [1.82, 2.24) is 10.3 Å². The van der Waals surface area contributed by atoms with Gasteiger partial charge in [0.05, 0.1) is 0 Å². The molecule has 0 saturated carbocycles. The molecule has 1 heterocycles. The van der Waals surface area contributed by atoms with E-state index in [1.54, 1.807) is 30.3 Å². The summed E-state index contributed by atoms with van der Waals surface area (Å²) in [6.45, 7) is 0. The highest BCUT2D eigenvalue weighted by Crippen LogP contribution is 2.25. The van der Waals surface area contributed by atoms with Crippen LogP contribution in [0.3, 0.4) is 0 Å². The lowest BCUT2D eigenvalue weighted by Crippen LogP contribution is -2.41. The molecule has 0 aliphatic heterocycles. The minimum Gasteiger partial charge on any atom is -0.480 e. The van der Waals surface area contributed by atoms with Gasteiger partial charge >= 0.3 is 5.97 Å². The van der Waals surface area contributed by atoms with Crippen molar-refractivity contribution >= 4 is 52.1 Å². The van der Waals surface area contributed by atoms with E-state index < -0.39 is 23.7 Å². The highest BCUT2D eigenvalue weighted by Gasteiger charge is 2.20. The van der Waals surface area contributed by atoms with E-state index in [9.17, 15) is 19.1 Å². The van der Waals surface area contributed by atoms with Crippen LogP contribution >= 0.6 is 23.2 Å². The fraction of sp³-hybridized carbons (Fsp3) is 0.100. The summed E-state index contributed by atoms with van der Waals surface area (Å²) in [5.74, 6) is -2.19. The quantitative estimate of drug-likeness (QED) is 0.515. The van der Waals surface area contributed by atoms with Gasteiger partial charge < -0.3 is 15.4 Å². The number of hydrogen-bond donors (Lipinski definition) is 3. The van der Waals surface area contributed by atoms with Crippen LogP contribution in [0.1, 0.15) is 11.3 Å². The van der Waals surface area contributed by atoms with Gasteiger partial charge in [0.25, 0.3) is 0 Å². The van der Waals surface area contributed by atoms with Crippen molar-refractivity contribution in [2.75, 3.05) is 0 Å². The standard InChI is InChI=1S/C20H15Cl2FN2O3/c21-15-2-1-3-16(22)14(15)6-7-19(26)25-18(20(27)28)10-13-8-11-4-5-12(23)9-17(11)24-13/h1-9,18,24H,10H2,(H,25,26)(H,27,28)/b7-6+/t18-/m1/s1. The molecule has 1 aromatic heterocycles. The number of H-pyrrole nitrogens is 1. The number of amides is 1. The minimum atomic E-state index is -1.19. The van der Waals surface area contributed by atoms with Gasteiger partial charge in [-0.15, -0.1) is 0 Å². The monoisotopic (exact) mass is 420 g/mol. The average molecular weight is 421 g/mol. The van der Waals surface area contributed by atoms with Crippen LogP contribution in [0, 0.1) is 5.82 Å². The van der Waals surface area contributed by atoms with Gasteiger partial charge in [0.1, 0.15) is 11.9 Å². The van der Waals surface area contributed by atoms with Crippen LogP contribution in [0.15, 0.2) is 48.5 Å². The van der Waals surface area contributed by atoms with E-state index >= 15 is 0 Å². The summed E-state index contributed by atoms with van der Waals surface area (Å²) in [6, 6.07) is 9.72. The molecule has 3 rings (SSSR count). The van der Waals surface area contributed by atoms with Crippen molar-refractivity contribution in [1.29, 1.82) is 0 Å². The number of aliphatic carboxylic acids is 1. The van der Waals surface area contributed by atoms with E-state index in [2.05, 4.69) is 10.3 Å². The number of carbonyl (C=O) groups excluding carboxylic acids is 1. The fourth-order valence-corrected chi connectivity index (χ4v) is 3.26. The fourth-order valence-electron chi connectivity index (χ4n) is 2.74. The predicted molar refractivity (Wildman–Crippen MR) is 107 cm³/mol. The van der Waals surface area contributed by atoms with Crippen molar-refractivity contribution in [3.63, 3.8) is 0 Å². The average Bonchev–Trinajstić information content (AvgIpc) is 3.02. The van der Waals surface area contributed by atoms with Gasteiger partial charge in [-0.2, -0.15) is 0 Å². The molecular formula is C20H15Cl2FN2O3. The van der Waals surface area contributed by atoms with Gasteiger partial charge in [0.2, 0.25) is 5.91 Å². The molecule has 0 fully saturated rings. The maximum atomic E-state index is 13.3. The van der Waals surface area contributed by atoms with Gasteiger partial charge in [0, 0.05) is 39.3 Å². The van der Waals surface area contributed by atoms with Crippen LogP contribution in [-0.2, 0) is 16.0 Å². The predicted octanol–water partition coefficient (Wildman–Crippen LogP) is 4.44. The highest BCUT2D eigenvalue weighted by molar-refractivity contribution is 6.37. The smallest absolute Gasteiger partial charge is 0.326 e. The molecule has 144 valence electrons. The van der Waals surface area contributed by atoms with Crippen LogP contribution in [0.25, 0.3) is 17.0 Å². The lowest BCUT2D eigenvalue weighted by molar-refractivity contribution is -0.141. The Bertz CT molecular complexity index is 1060. The Hall–Kier alpha value is -2.83. The van der Waals surface area contributed by atoms with E-state index in [0.29, 0.717) is 26.8 Å². The molecule has 8 heteroatoms. The number of carbonyl (C=O) groups is 2. The Morgan fingerprint density at radius 2 is 1.89 bits per heavy atom. The third kappa shape index (κ3) is 4.71. The largest absolute Gasteiger partial charge is 0.480 e. The number of fused-ring (bicyclic) bond motifs is 1. The topological polar surface area (TPSA) is 82.2 Å². The van der Waals surface area contributed by atoms with E-state index in [0.717, 1.165) is 5.39 Å². The second-order valence-electron chi connectivity index (χ2n) is 6.10. The summed E-state index contributed by atoms with van der Waals surface area (Å²) >= 11 is 12.1. The van der Waals surface area contributed by atoms with Crippen molar-refractivity contribution < 1.29 is 19.1 Å². The number of halogens is 3. The number of hydrogen-bond acceptors (Lipinski definition) is 2. The lowest BCUT2D eigenvalue weighted by atomic mass is 10.1. The Balaban J connectivity index is 1.72. The maximum absolute atomic E-state index is 13.3. The summed E-state index contributed by atoms with van der Waals surface area (Å²) in [5, 5.41) is 13.3. The molecule has 1 atom stereocenters. The molecule has 0 bridgehead atoms. The normalized spacial score (nSPS) is 12.4. The zero-order valence-corrected chi connectivity index (χ0v) is 15.9. The highest BCUT2D eigenvalue weighted by atomic mass is 35.5. The number of aromatic nitrogens is 1. The second-order valence-corrected chi connectivity index (χ2v) is 6.91. The number of rotatable bonds is 6. The third-order valence-corrected chi connectivity index (χ3v) is 4.74. The zero-order valence-electron chi connectivity index (χ0n) is 14.4. The first-order chi connectivity index (χ1) is 13.3. The Morgan fingerprint density at radius 3 is 2.57 bits per heavy atom. The van der Waals surface area contributed by atoms with E-state index in [1.165, 1.54) is 24.3 Å². The SMILES string of the molecule is O=C(/C=C/c1c(Cl)cccc1Cl)N[C@H](Cc1cc2ccc(F)cc2[nH]1)C(=O)O. The Morgan fingerprint density at radius 1 is 1.18 bits per heavy atom. The minimum absolute atomic E-state index is 0.0120. The summed E-state index contributed by atoms with van der Waals surface area (Å²) in [4.78, 5) is 26.7. The van der Waals surface area contributed by atoms with Gasteiger partial charge in [-0.1, -0.05) is 29.3 Å². The van der Waals surface area contributed by atoms with Crippen molar-refractivity contribution in [3.05, 3.63) is 75.7 Å². The first-order valence-electron chi connectivity index (χ1n) is 8.26. The molecule has 0 radical (unpaired) electrons. The van der Waals surface area contributed by atoms with Crippen LogP contribution in [0.2, 0.25) is 10.0 Å². The van der Waals surface area contributed by atoms with Gasteiger partial charge in [-0.05, 0) is 47.9 Å². The molecule has 0 spiro atoms. The Labute approximate surface area is 169 Å². The number of carboxylic acids is 1. The molecule has 0 saturated heterocycles. The van der Waals surface area contributed by atoms with Gasteiger partial charge in [0.15, 0.2) is 0 Å². The molecule has 3 aromatic rings. The lowest BCUT2D eigenvalue weighted by Gasteiger charge is -2.12. The molecule has 0 aliphatic rings. The number of nitrogens with one attached hydrogen (secondary N) is 2. The molecule has 1 amide bonds. The van der Waals surface area contributed by atoms with Crippen molar-refractivity contribution in [2.45, 2.75) is 12.5 Å². The molecule has 3 N–H and O–H groups in total. The number of benzene rings is 2. The van der Waals surface area contributed by atoms with E-state index in [1.807, 2.05) is 0 Å². The van der Waals surface area contributed by atoms with E-state index in [-0.39, 0.29) is 6.42 Å². The van der Waals surface area contributed by atoms with Gasteiger partial charge in [-0.3, -0.25) is 4.79 Å². The number of carboxylic acid groups (broad SMARTS) is 1. The molecule has 0 aliphatic carbocycles. The molecule has 0 unspecified atom stereocenters. The zero-order chi connectivity index (χ0) is 20.3. The van der Waals surface area contributed by atoms with Crippen LogP contribution in [-0.4, -0.2) is 28.0 Å². The maximum Gasteiger partial charge on any atom is 0.326 e. The van der Waals surface area contributed by atoms with Crippen LogP contribution < -0.4 is 5.32 Å². The summed E-state index contributed by atoms with van der Waals surface area (Å²) < 4.78 is 13.3. The van der Waals surface area contributed by atoms with Crippen LogP contribution in [0.5, 0.6) is 0 Å². The summed E-state index contributed by atoms with van der Waals surface area (Å²) in [6.07, 6.45) is 2.60. The number of aromatic amines is 1. The van der Waals surface area contributed by atoms with Crippen molar-refractivity contribution in [3.8, 4) is 0 Å².